The lowest BCUT2D eigenvalue weighted by Crippen LogP contribution is -2.27. The third kappa shape index (κ3) is 2.00. The summed E-state index contributed by atoms with van der Waals surface area (Å²) in [5.41, 5.74) is 1.04. The summed E-state index contributed by atoms with van der Waals surface area (Å²) in [6.45, 7) is 4.74. The lowest BCUT2D eigenvalue weighted by Gasteiger charge is -2.20. The summed E-state index contributed by atoms with van der Waals surface area (Å²) in [5, 5.41) is 0. The highest BCUT2D eigenvalue weighted by atomic mass is 16.3. The van der Waals surface area contributed by atoms with Crippen LogP contribution in [0.2, 0.25) is 0 Å². The average Bonchev–Trinajstić information content (AvgIpc) is 3.13. The van der Waals surface area contributed by atoms with Gasteiger partial charge in [0.1, 0.15) is 11.6 Å². The molecule has 2 fully saturated rings. The summed E-state index contributed by atoms with van der Waals surface area (Å²) in [7, 11) is 2.22. The molecular weight excluding hydrogens is 250 g/mol. The molecule has 20 heavy (non-hydrogen) atoms. The molecule has 0 saturated carbocycles. The lowest BCUT2D eigenvalue weighted by molar-refractivity contribution is 0.387. The lowest BCUT2D eigenvalue weighted by atomic mass is 10.0. The molecule has 2 unspecified atom stereocenters. The second-order valence-electron chi connectivity index (χ2n) is 6.03. The Labute approximate surface area is 119 Å². The molecule has 2 aromatic heterocycles. The third-order valence-electron chi connectivity index (χ3n) is 4.55. The molecule has 0 aliphatic carbocycles. The van der Waals surface area contributed by atoms with Gasteiger partial charge in [0.25, 0.3) is 0 Å². The van der Waals surface area contributed by atoms with Crippen molar-refractivity contribution in [1.29, 1.82) is 0 Å². The fraction of sp³-hybridized carbons (Fsp3) is 0.438. The van der Waals surface area contributed by atoms with Gasteiger partial charge in [-0.3, -0.25) is 0 Å². The molecule has 0 N–H and O–H groups in total. The first-order valence-corrected chi connectivity index (χ1v) is 7.23. The van der Waals surface area contributed by atoms with Crippen LogP contribution in [0.1, 0.15) is 0 Å². The summed E-state index contributed by atoms with van der Waals surface area (Å²) < 4.78 is 5.40. The molecule has 2 aliphatic rings. The van der Waals surface area contributed by atoms with Crippen LogP contribution in [0.4, 0.5) is 5.82 Å². The SMILES string of the molecule is CN1CC2CN(c3ccc(-c4ccco4)cn3)CC2C1. The zero-order valence-corrected chi connectivity index (χ0v) is 11.7. The van der Waals surface area contributed by atoms with Crippen LogP contribution in [0.15, 0.2) is 41.1 Å². The molecule has 4 nitrogen and oxygen atoms in total. The van der Waals surface area contributed by atoms with E-state index < -0.39 is 0 Å². The Bertz CT molecular complexity index is 564. The van der Waals surface area contributed by atoms with Crippen LogP contribution in [0, 0.1) is 11.8 Å². The van der Waals surface area contributed by atoms with E-state index in [1.165, 1.54) is 13.1 Å². The Balaban J connectivity index is 1.50. The molecule has 4 heterocycles. The fourth-order valence-electron chi connectivity index (χ4n) is 3.58. The highest BCUT2D eigenvalue weighted by molar-refractivity contribution is 5.58. The van der Waals surface area contributed by atoms with E-state index in [0.717, 1.165) is 42.1 Å². The largest absolute Gasteiger partial charge is 0.464 e. The Morgan fingerprint density at radius 1 is 1.10 bits per heavy atom. The van der Waals surface area contributed by atoms with Crippen molar-refractivity contribution in [2.75, 3.05) is 38.1 Å². The molecule has 0 amide bonds. The van der Waals surface area contributed by atoms with Crippen LogP contribution < -0.4 is 4.90 Å². The first kappa shape index (κ1) is 12.0. The van der Waals surface area contributed by atoms with Crippen LogP contribution in [0.25, 0.3) is 11.3 Å². The van der Waals surface area contributed by atoms with E-state index in [-0.39, 0.29) is 0 Å². The molecule has 2 aliphatic heterocycles. The minimum absolute atomic E-state index is 0.812. The van der Waals surface area contributed by atoms with E-state index in [4.69, 9.17) is 4.42 Å². The highest BCUT2D eigenvalue weighted by Gasteiger charge is 2.38. The maximum atomic E-state index is 5.40. The van der Waals surface area contributed by atoms with E-state index in [1.54, 1.807) is 6.26 Å². The number of nitrogens with zero attached hydrogens (tertiary/aromatic N) is 3. The summed E-state index contributed by atoms with van der Waals surface area (Å²) in [6, 6.07) is 8.08. The van der Waals surface area contributed by atoms with Gasteiger partial charge in [0.2, 0.25) is 0 Å². The van der Waals surface area contributed by atoms with Crippen LogP contribution in [0.5, 0.6) is 0 Å². The number of aromatic nitrogens is 1. The quantitative estimate of drug-likeness (QED) is 0.837. The molecular formula is C16H19N3O. The van der Waals surface area contributed by atoms with Crippen molar-refractivity contribution >= 4 is 5.82 Å². The Morgan fingerprint density at radius 2 is 1.90 bits per heavy atom. The zero-order chi connectivity index (χ0) is 13.5. The van der Waals surface area contributed by atoms with Gasteiger partial charge in [-0.15, -0.1) is 0 Å². The van der Waals surface area contributed by atoms with Gasteiger partial charge in [-0.2, -0.15) is 0 Å². The van der Waals surface area contributed by atoms with E-state index in [9.17, 15) is 0 Å². The molecule has 0 radical (unpaired) electrons. The van der Waals surface area contributed by atoms with Crippen molar-refractivity contribution in [3.05, 3.63) is 36.7 Å². The number of fused-ring (bicyclic) bond motifs is 1. The number of furan rings is 1. The predicted octanol–water partition coefficient (Wildman–Crippen LogP) is 2.34. The second-order valence-corrected chi connectivity index (χ2v) is 6.03. The molecule has 0 aromatic carbocycles. The number of anilines is 1. The maximum Gasteiger partial charge on any atom is 0.135 e. The summed E-state index contributed by atoms with van der Waals surface area (Å²) in [5.74, 6) is 3.60. The molecule has 2 saturated heterocycles. The topological polar surface area (TPSA) is 32.5 Å². The van der Waals surface area contributed by atoms with Crippen molar-refractivity contribution in [1.82, 2.24) is 9.88 Å². The third-order valence-corrected chi connectivity index (χ3v) is 4.55. The highest BCUT2D eigenvalue weighted by Crippen LogP contribution is 2.33. The first-order chi connectivity index (χ1) is 9.79. The van der Waals surface area contributed by atoms with Gasteiger partial charge in [0.05, 0.1) is 6.26 Å². The van der Waals surface area contributed by atoms with Gasteiger partial charge >= 0.3 is 0 Å². The normalized spacial score (nSPS) is 26.1. The van der Waals surface area contributed by atoms with Gasteiger partial charge < -0.3 is 14.2 Å². The molecule has 0 spiro atoms. The minimum Gasteiger partial charge on any atom is -0.464 e. The van der Waals surface area contributed by atoms with Crippen molar-refractivity contribution in [2.24, 2.45) is 11.8 Å². The number of hydrogen-bond acceptors (Lipinski definition) is 4. The summed E-state index contributed by atoms with van der Waals surface area (Å²) in [6.07, 6.45) is 3.61. The number of likely N-dealkylation sites (tertiary alicyclic amines) is 1. The molecule has 2 atom stereocenters. The first-order valence-electron chi connectivity index (χ1n) is 7.23. The molecule has 4 heteroatoms. The number of pyridine rings is 1. The van der Waals surface area contributed by atoms with Crippen molar-refractivity contribution in [3.63, 3.8) is 0 Å². The van der Waals surface area contributed by atoms with E-state index >= 15 is 0 Å². The van der Waals surface area contributed by atoms with E-state index in [1.807, 2.05) is 18.3 Å². The van der Waals surface area contributed by atoms with Crippen molar-refractivity contribution in [2.45, 2.75) is 0 Å². The minimum atomic E-state index is 0.812. The summed E-state index contributed by atoms with van der Waals surface area (Å²) >= 11 is 0. The van der Waals surface area contributed by atoms with Gasteiger partial charge in [-0.05, 0) is 43.1 Å². The average molecular weight is 269 g/mol. The van der Waals surface area contributed by atoms with E-state index in [2.05, 4.69) is 34.0 Å². The van der Waals surface area contributed by atoms with Crippen LogP contribution in [-0.4, -0.2) is 43.1 Å². The van der Waals surface area contributed by atoms with Gasteiger partial charge in [-0.25, -0.2) is 4.98 Å². The van der Waals surface area contributed by atoms with Gasteiger partial charge in [0.15, 0.2) is 0 Å². The number of rotatable bonds is 2. The molecule has 2 aromatic rings. The van der Waals surface area contributed by atoms with Crippen LogP contribution in [-0.2, 0) is 0 Å². The van der Waals surface area contributed by atoms with E-state index in [0.29, 0.717) is 0 Å². The second kappa shape index (κ2) is 4.63. The fourth-order valence-corrected chi connectivity index (χ4v) is 3.58. The Hall–Kier alpha value is -1.81. The Kier molecular flexibility index (Phi) is 2.77. The van der Waals surface area contributed by atoms with Crippen LogP contribution in [0.3, 0.4) is 0 Å². The smallest absolute Gasteiger partial charge is 0.135 e. The van der Waals surface area contributed by atoms with Crippen molar-refractivity contribution < 1.29 is 4.42 Å². The monoisotopic (exact) mass is 269 g/mol. The molecule has 104 valence electrons. The molecule has 0 bridgehead atoms. The zero-order valence-electron chi connectivity index (χ0n) is 11.7. The van der Waals surface area contributed by atoms with Crippen molar-refractivity contribution in [3.8, 4) is 11.3 Å². The standard InChI is InChI=1S/C16H19N3O/c1-18-8-13-10-19(11-14(13)9-18)16-5-4-12(7-17-16)15-3-2-6-20-15/h2-7,13-14H,8-11H2,1H3. The number of hydrogen-bond donors (Lipinski definition) is 0. The Morgan fingerprint density at radius 3 is 2.50 bits per heavy atom. The molecule has 4 rings (SSSR count). The predicted molar refractivity (Wildman–Crippen MR) is 78.6 cm³/mol. The van der Waals surface area contributed by atoms with Gasteiger partial charge in [0, 0.05) is 37.9 Å². The van der Waals surface area contributed by atoms with Crippen LogP contribution >= 0.6 is 0 Å². The van der Waals surface area contributed by atoms with Gasteiger partial charge in [-0.1, -0.05) is 0 Å². The maximum absolute atomic E-state index is 5.40. The summed E-state index contributed by atoms with van der Waals surface area (Å²) in [4.78, 5) is 9.48.